The maximum absolute atomic E-state index is 13.4. The normalized spacial score (nSPS) is 34.8. The van der Waals surface area contributed by atoms with Crippen LogP contribution in [0.1, 0.15) is 38.5 Å². The maximum atomic E-state index is 13.4. The van der Waals surface area contributed by atoms with Crippen molar-refractivity contribution in [2.45, 2.75) is 44.1 Å². The minimum atomic E-state index is -0.282. The molecule has 0 radical (unpaired) electrons. The topological polar surface area (TPSA) is 59.8 Å². The standard InChI is InChI=1S/C19H20Br2N4O/c20-14-1-3-15(4-2-14)23-16(26)18-6-12-5-13(7-18)9-19(8-12,10-18)25-11-22-17(21)24-25/h1-4,11-13H,5-10H2,(H,23,26)/t12-,13-,18?,19?/m0/s1. The molecule has 7 heteroatoms. The summed E-state index contributed by atoms with van der Waals surface area (Å²) >= 11 is 6.82. The van der Waals surface area contributed by atoms with Crippen LogP contribution in [0.5, 0.6) is 0 Å². The molecule has 1 heterocycles. The molecule has 0 aliphatic heterocycles. The fourth-order valence-corrected chi connectivity index (χ4v) is 6.54. The van der Waals surface area contributed by atoms with Crippen LogP contribution < -0.4 is 5.32 Å². The van der Waals surface area contributed by atoms with Gasteiger partial charge in [0.25, 0.3) is 0 Å². The van der Waals surface area contributed by atoms with Gasteiger partial charge in [-0.3, -0.25) is 4.79 Å². The molecule has 4 bridgehead atoms. The maximum Gasteiger partial charge on any atom is 0.230 e. The lowest BCUT2D eigenvalue weighted by molar-refractivity contribution is -0.150. The van der Waals surface area contributed by atoms with Gasteiger partial charge in [0.1, 0.15) is 6.33 Å². The summed E-state index contributed by atoms with van der Waals surface area (Å²) in [6.45, 7) is 0. The lowest BCUT2D eigenvalue weighted by atomic mass is 9.46. The fraction of sp³-hybridized carbons (Fsp3) is 0.526. The molecule has 26 heavy (non-hydrogen) atoms. The molecular weight excluding hydrogens is 460 g/mol. The number of halogens is 2. The molecule has 2 aromatic rings. The predicted molar refractivity (Wildman–Crippen MR) is 106 cm³/mol. The number of hydrogen-bond acceptors (Lipinski definition) is 3. The van der Waals surface area contributed by atoms with E-state index in [1.54, 1.807) is 0 Å². The van der Waals surface area contributed by atoms with Crippen molar-refractivity contribution in [2.75, 3.05) is 5.32 Å². The van der Waals surface area contributed by atoms with E-state index in [1.807, 2.05) is 35.3 Å². The Morgan fingerprint density at radius 3 is 2.42 bits per heavy atom. The number of hydrogen-bond donors (Lipinski definition) is 1. The Balaban J connectivity index is 1.46. The molecule has 1 aromatic heterocycles. The fourth-order valence-electron chi connectivity index (χ4n) is 6.02. The first-order valence-corrected chi connectivity index (χ1v) is 10.7. The Hall–Kier alpha value is -1.21. The highest BCUT2D eigenvalue weighted by molar-refractivity contribution is 9.10. The molecule has 4 saturated carbocycles. The van der Waals surface area contributed by atoms with Gasteiger partial charge in [0, 0.05) is 10.2 Å². The molecule has 1 N–H and O–H groups in total. The number of rotatable bonds is 3. The van der Waals surface area contributed by atoms with E-state index < -0.39 is 0 Å². The predicted octanol–water partition coefficient (Wildman–Crippen LogP) is 4.74. The van der Waals surface area contributed by atoms with Crippen molar-refractivity contribution in [1.82, 2.24) is 14.8 Å². The lowest BCUT2D eigenvalue weighted by Gasteiger charge is -2.60. The summed E-state index contributed by atoms with van der Waals surface area (Å²) in [6, 6.07) is 7.83. The summed E-state index contributed by atoms with van der Waals surface area (Å²) in [4.78, 5) is 17.6. The molecule has 136 valence electrons. The molecule has 4 fully saturated rings. The first-order chi connectivity index (χ1) is 12.5. The van der Waals surface area contributed by atoms with E-state index in [-0.39, 0.29) is 16.9 Å². The Bertz CT molecular complexity index is 849. The Morgan fingerprint density at radius 2 is 1.81 bits per heavy atom. The second-order valence-corrected chi connectivity index (χ2v) is 10.0. The summed E-state index contributed by atoms with van der Waals surface area (Å²) in [5, 5.41) is 7.76. The van der Waals surface area contributed by atoms with Crippen LogP contribution in [-0.4, -0.2) is 20.7 Å². The minimum absolute atomic E-state index is 0.0554. The third kappa shape index (κ3) is 2.66. The summed E-state index contributed by atoms with van der Waals surface area (Å²) in [6.07, 6.45) is 8.19. The van der Waals surface area contributed by atoms with E-state index in [4.69, 9.17) is 0 Å². The average Bonchev–Trinajstić information content (AvgIpc) is 3.03. The molecule has 2 atom stereocenters. The molecule has 5 nitrogen and oxygen atoms in total. The van der Waals surface area contributed by atoms with E-state index >= 15 is 0 Å². The molecule has 4 aliphatic carbocycles. The minimum Gasteiger partial charge on any atom is -0.326 e. The van der Waals surface area contributed by atoms with Gasteiger partial charge in [0.2, 0.25) is 10.6 Å². The number of anilines is 1. The Labute approximate surface area is 169 Å². The number of carbonyl (C=O) groups is 1. The number of amides is 1. The van der Waals surface area contributed by atoms with Crippen LogP contribution in [0.25, 0.3) is 0 Å². The van der Waals surface area contributed by atoms with Crippen LogP contribution in [0.2, 0.25) is 0 Å². The van der Waals surface area contributed by atoms with Crippen molar-refractivity contribution in [2.24, 2.45) is 17.3 Å². The van der Waals surface area contributed by atoms with Gasteiger partial charge in [-0.25, -0.2) is 9.67 Å². The molecule has 0 saturated heterocycles. The zero-order valence-electron chi connectivity index (χ0n) is 14.3. The third-order valence-electron chi connectivity index (χ3n) is 6.56. The molecule has 1 aromatic carbocycles. The quantitative estimate of drug-likeness (QED) is 0.691. The van der Waals surface area contributed by atoms with E-state index in [2.05, 4.69) is 47.3 Å². The third-order valence-corrected chi connectivity index (χ3v) is 7.46. The zero-order chi connectivity index (χ0) is 17.9. The molecule has 0 unspecified atom stereocenters. The highest BCUT2D eigenvalue weighted by Crippen LogP contribution is 2.64. The number of nitrogens with zero attached hydrogens (tertiary/aromatic N) is 3. The zero-order valence-corrected chi connectivity index (χ0v) is 17.5. The molecule has 6 rings (SSSR count). The van der Waals surface area contributed by atoms with Gasteiger partial charge in [0.15, 0.2) is 0 Å². The van der Waals surface area contributed by atoms with Crippen LogP contribution in [0.3, 0.4) is 0 Å². The van der Waals surface area contributed by atoms with E-state index in [0.717, 1.165) is 42.3 Å². The largest absolute Gasteiger partial charge is 0.326 e. The van der Waals surface area contributed by atoms with Crippen molar-refractivity contribution in [3.05, 3.63) is 39.8 Å². The van der Waals surface area contributed by atoms with Gasteiger partial charge >= 0.3 is 0 Å². The highest BCUT2D eigenvalue weighted by atomic mass is 79.9. The number of nitrogens with one attached hydrogen (secondary N) is 1. The first kappa shape index (κ1) is 16.9. The Kier molecular flexibility index (Phi) is 3.84. The van der Waals surface area contributed by atoms with E-state index in [1.165, 1.54) is 6.42 Å². The van der Waals surface area contributed by atoms with Crippen LogP contribution in [-0.2, 0) is 10.3 Å². The molecule has 1 amide bonds. The smallest absolute Gasteiger partial charge is 0.230 e. The lowest BCUT2D eigenvalue weighted by Crippen LogP contribution is -2.60. The van der Waals surface area contributed by atoms with Gasteiger partial charge in [-0.2, -0.15) is 0 Å². The molecule has 4 aliphatic rings. The van der Waals surface area contributed by atoms with Crippen molar-refractivity contribution in [1.29, 1.82) is 0 Å². The summed E-state index contributed by atoms with van der Waals surface area (Å²) in [7, 11) is 0. The highest BCUT2D eigenvalue weighted by Gasteiger charge is 2.61. The van der Waals surface area contributed by atoms with Crippen molar-refractivity contribution in [3.63, 3.8) is 0 Å². The second kappa shape index (κ2) is 5.89. The van der Waals surface area contributed by atoms with Gasteiger partial charge in [-0.05, 0) is 90.6 Å². The van der Waals surface area contributed by atoms with Crippen molar-refractivity contribution < 1.29 is 4.79 Å². The monoisotopic (exact) mass is 478 g/mol. The van der Waals surface area contributed by atoms with Crippen LogP contribution in [0.15, 0.2) is 39.8 Å². The van der Waals surface area contributed by atoms with Crippen LogP contribution in [0.4, 0.5) is 5.69 Å². The van der Waals surface area contributed by atoms with Gasteiger partial charge in [-0.1, -0.05) is 15.9 Å². The number of benzene rings is 1. The van der Waals surface area contributed by atoms with E-state index in [9.17, 15) is 4.79 Å². The van der Waals surface area contributed by atoms with E-state index in [0.29, 0.717) is 16.6 Å². The molecule has 0 spiro atoms. The van der Waals surface area contributed by atoms with Gasteiger partial charge in [0.05, 0.1) is 11.0 Å². The van der Waals surface area contributed by atoms with Crippen molar-refractivity contribution in [3.8, 4) is 0 Å². The van der Waals surface area contributed by atoms with Crippen LogP contribution in [0, 0.1) is 17.3 Å². The SMILES string of the molecule is O=C(Nc1ccc(Br)cc1)C12C[C@@H]3C[C@@H](C1)CC(n1cnc(Br)n1)(C3)C2. The number of carbonyl (C=O) groups excluding carboxylic acids is 1. The van der Waals surface area contributed by atoms with Crippen LogP contribution >= 0.6 is 31.9 Å². The average molecular weight is 480 g/mol. The van der Waals surface area contributed by atoms with Gasteiger partial charge < -0.3 is 5.32 Å². The van der Waals surface area contributed by atoms with Gasteiger partial charge in [-0.15, -0.1) is 5.10 Å². The summed E-state index contributed by atoms with van der Waals surface area (Å²) in [5.41, 5.74) is 0.530. The number of aromatic nitrogens is 3. The summed E-state index contributed by atoms with van der Waals surface area (Å²) < 4.78 is 3.68. The summed E-state index contributed by atoms with van der Waals surface area (Å²) in [5.74, 6) is 1.39. The second-order valence-electron chi connectivity index (χ2n) is 8.38. The van der Waals surface area contributed by atoms with Crippen molar-refractivity contribution >= 4 is 43.5 Å². The Morgan fingerprint density at radius 1 is 1.12 bits per heavy atom. The first-order valence-electron chi connectivity index (χ1n) is 9.11. The molecular formula is C19H20Br2N4O.